The van der Waals surface area contributed by atoms with Crippen molar-refractivity contribution in [1.82, 2.24) is 5.32 Å². The average Bonchev–Trinajstić information content (AvgIpc) is 2.96. The summed E-state index contributed by atoms with van der Waals surface area (Å²) in [5.74, 6) is -0.0816. The molecule has 5 heteroatoms. The zero-order chi connectivity index (χ0) is 17.1. The van der Waals surface area contributed by atoms with Crippen LogP contribution in [0.5, 0.6) is 0 Å². The van der Waals surface area contributed by atoms with E-state index in [4.69, 9.17) is 0 Å². The highest BCUT2D eigenvalue weighted by Crippen LogP contribution is 2.24. The molecule has 1 aliphatic rings. The van der Waals surface area contributed by atoms with Gasteiger partial charge in [0.15, 0.2) is 0 Å². The molecular weight excluding hydrogens is 302 g/mol. The summed E-state index contributed by atoms with van der Waals surface area (Å²) >= 11 is 0. The third kappa shape index (κ3) is 3.25. The number of aryl methyl sites for hydroxylation is 1. The molecule has 24 heavy (non-hydrogen) atoms. The zero-order valence-electron chi connectivity index (χ0n) is 13.9. The van der Waals surface area contributed by atoms with Gasteiger partial charge in [-0.1, -0.05) is 23.8 Å². The van der Waals surface area contributed by atoms with Crippen molar-refractivity contribution in [3.63, 3.8) is 0 Å². The van der Waals surface area contributed by atoms with E-state index in [1.807, 2.05) is 43.3 Å². The molecule has 0 aromatic heterocycles. The van der Waals surface area contributed by atoms with Crippen LogP contribution in [0.1, 0.15) is 22.3 Å². The van der Waals surface area contributed by atoms with Crippen molar-refractivity contribution in [2.75, 3.05) is 23.8 Å². The molecule has 0 saturated carbocycles. The van der Waals surface area contributed by atoms with Crippen LogP contribution in [-0.4, -0.2) is 31.4 Å². The number of benzene rings is 2. The molecule has 2 amide bonds. The number of carbonyl (C=O) groups excluding carboxylic acids is 2. The largest absolute Gasteiger partial charge is 0.374 e. The fourth-order valence-corrected chi connectivity index (χ4v) is 2.89. The average molecular weight is 323 g/mol. The lowest BCUT2D eigenvalue weighted by Gasteiger charge is -2.18. The summed E-state index contributed by atoms with van der Waals surface area (Å²) in [6, 6.07) is 14.9. The van der Waals surface area contributed by atoms with Gasteiger partial charge < -0.3 is 15.5 Å². The second kappa shape index (κ2) is 6.74. The van der Waals surface area contributed by atoms with Crippen LogP contribution in [0.4, 0.5) is 11.4 Å². The zero-order valence-corrected chi connectivity index (χ0v) is 13.9. The van der Waals surface area contributed by atoms with E-state index in [-0.39, 0.29) is 17.9 Å². The highest BCUT2D eigenvalue weighted by Gasteiger charge is 2.32. The molecule has 1 fully saturated rings. The minimum atomic E-state index is -0.272. The van der Waals surface area contributed by atoms with Gasteiger partial charge in [0, 0.05) is 30.5 Å². The quantitative estimate of drug-likeness (QED) is 0.909. The molecule has 1 saturated heterocycles. The van der Waals surface area contributed by atoms with E-state index in [0.29, 0.717) is 12.1 Å². The van der Waals surface area contributed by atoms with Crippen molar-refractivity contribution < 1.29 is 9.59 Å². The first kappa shape index (κ1) is 16.1. The summed E-state index contributed by atoms with van der Waals surface area (Å²) in [4.78, 5) is 26.2. The Morgan fingerprint density at radius 2 is 1.92 bits per heavy atom. The van der Waals surface area contributed by atoms with Crippen molar-refractivity contribution in [2.24, 2.45) is 0 Å². The van der Waals surface area contributed by atoms with Crippen molar-refractivity contribution in [2.45, 2.75) is 19.4 Å². The van der Waals surface area contributed by atoms with Gasteiger partial charge in [-0.05, 0) is 43.7 Å². The Balaban J connectivity index is 1.72. The van der Waals surface area contributed by atoms with E-state index in [0.717, 1.165) is 17.8 Å². The van der Waals surface area contributed by atoms with Crippen molar-refractivity contribution in [3.05, 3.63) is 59.7 Å². The van der Waals surface area contributed by atoms with Gasteiger partial charge in [-0.2, -0.15) is 0 Å². The minimum absolute atomic E-state index is 0.0594. The number of nitrogens with one attached hydrogen (secondary N) is 2. The highest BCUT2D eigenvalue weighted by molar-refractivity contribution is 6.01. The fourth-order valence-electron chi connectivity index (χ4n) is 2.89. The van der Waals surface area contributed by atoms with E-state index in [2.05, 4.69) is 10.6 Å². The summed E-state index contributed by atoms with van der Waals surface area (Å²) < 4.78 is 0. The molecule has 0 bridgehead atoms. The van der Waals surface area contributed by atoms with Crippen LogP contribution in [0, 0.1) is 6.92 Å². The first-order chi connectivity index (χ1) is 11.6. The van der Waals surface area contributed by atoms with Crippen molar-refractivity contribution in [1.29, 1.82) is 0 Å². The SMILES string of the molecule is CNC(=O)c1cccc(NC2CCN(c3ccc(C)cc3)C2=O)c1. The number of hydrogen-bond acceptors (Lipinski definition) is 3. The minimum Gasteiger partial charge on any atom is -0.374 e. The second-order valence-electron chi connectivity index (χ2n) is 5.97. The molecule has 5 nitrogen and oxygen atoms in total. The van der Waals surface area contributed by atoms with Crippen LogP contribution >= 0.6 is 0 Å². The molecule has 2 N–H and O–H groups in total. The van der Waals surface area contributed by atoms with Crippen LogP contribution in [0.3, 0.4) is 0 Å². The predicted octanol–water partition coefficient (Wildman–Crippen LogP) is 2.57. The van der Waals surface area contributed by atoms with Gasteiger partial charge in [-0.3, -0.25) is 9.59 Å². The van der Waals surface area contributed by atoms with Crippen LogP contribution in [-0.2, 0) is 4.79 Å². The Hall–Kier alpha value is -2.82. The topological polar surface area (TPSA) is 61.4 Å². The monoisotopic (exact) mass is 323 g/mol. The molecule has 124 valence electrons. The first-order valence-electron chi connectivity index (χ1n) is 8.05. The Morgan fingerprint density at radius 3 is 2.62 bits per heavy atom. The second-order valence-corrected chi connectivity index (χ2v) is 5.97. The van der Waals surface area contributed by atoms with Crippen molar-refractivity contribution in [3.8, 4) is 0 Å². The van der Waals surface area contributed by atoms with Crippen LogP contribution in [0.15, 0.2) is 48.5 Å². The van der Waals surface area contributed by atoms with Gasteiger partial charge in [-0.15, -0.1) is 0 Å². The van der Waals surface area contributed by atoms with E-state index in [9.17, 15) is 9.59 Å². The lowest BCUT2D eigenvalue weighted by molar-refractivity contribution is -0.117. The number of nitrogens with zero attached hydrogens (tertiary/aromatic N) is 1. The predicted molar refractivity (Wildman–Crippen MR) is 95.4 cm³/mol. The maximum absolute atomic E-state index is 12.7. The Bertz CT molecular complexity index is 755. The van der Waals surface area contributed by atoms with Crippen molar-refractivity contribution >= 4 is 23.2 Å². The molecule has 1 aliphatic heterocycles. The lowest BCUT2D eigenvalue weighted by Crippen LogP contribution is -2.33. The Kier molecular flexibility index (Phi) is 4.51. The molecule has 2 aromatic rings. The molecule has 1 heterocycles. The molecule has 1 unspecified atom stereocenters. The number of rotatable bonds is 4. The van der Waals surface area contributed by atoms with Gasteiger partial charge in [0.25, 0.3) is 5.91 Å². The summed E-state index contributed by atoms with van der Waals surface area (Å²) in [6.07, 6.45) is 0.733. The van der Waals surface area contributed by atoms with Gasteiger partial charge in [0.05, 0.1) is 0 Å². The number of carbonyl (C=O) groups is 2. The fraction of sp³-hybridized carbons (Fsp3) is 0.263. The van der Waals surface area contributed by atoms with Gasteiger partial charge in [0.2, 0.25) is 5.91 Å². The maximum Gasteiger partial charge on any atom is 0.251 e. The first-order valence-corrected chi connectivity index (χ1v) is 8.05. The molecule has 3 rings (SSSR count). The van der Waals surface area contributed by atoms with E-state index < -0.39 is 0 Å². The van der Waals surface area contributed by atoms with Gasteiger partial charge in [-0.25, -0.2) is 0 Å². The summed E-state index contributed by atoms with van der Waals surface area (Å²) in [7, 11) is 1.60. The normalized spacial score (nSPS) is 17.0. The molecule has 0 radical (unpaired) electrons. The lowest BCUT2D eigenvalue weighted by atomic mass is 10.1. The highest BCUT2D eigenvalue weighted by atomic mass is 16.2. The van der Waals surface area contributed by atoms with E-state index in [1.54, 1.807) is 24.1 Å². The van der Waals surface area contributed by atoms with Gasteiger partial charge in [0.1, 0.15) is 6.04 Å². The summed E-state index contributed by atoms with van der Waals surface area (Å²) in [5.41, 5.74) is 3.45. The van der Waals surface area contributed by atoms with Crippen LogP contribution < -0.4 is 15.5 Å². The third-order valence-electron chi connectivity index (χ3n) is 4.24. The number of hydrogen-bond donors (Lipinski definition) is 2. The molecule has 1 atom stereocenters. The maximum atomic E-state index is 12.7. The van der Waals surface area contributed by atoms with Crippen LogP contribution in [0.2, 0.25) is 0 Å². The van der Waals surface area contributed by atoms with Crippen LogP contribution in [0.25, 0.3) is 0 Å². The Labute approximate surface area is 141 Å². The van der Waals surface area contributed by atoms with E-state index in [1.165, 1.54) is 5.56 Å². The number of amides is 2. The molecular formula is C19H21N3O2. The third-order valence-corrected chi connectivity index (χ3v) is 4.24. The smallest absolute Gasteiger partial charge is 0.251 e. The molecule has 2 aromatic carbocycles. The standard InChI is InChI=1S/C19H21N3O2/c1-13-6-8-16(9-7-13)22-11-10-17(19(22)24)21-15-5-3-4-14(12-15)18(23)20-2/h3-9,12,17,21H,10-11H2,1-2H3,(H,20,23). The number of anilines is 2. The summed E-state index contributed by atoms with van der Waals surface area (Å²) in [6.45, 7) is 2.72. The molecule has 0 aliphatic carbocycles. The molecule has 0 spiro atoms. The van der Waals surface area contributed by atoms with E-state index >= 15 is 0 Å². The summed E-state index contributed by atoms with van der Waals surface area (Å²) in [5, 5.41) is 5.85. The van der Waals surface area contributed by atoms with Gasteiger partial charge >= 0.3 is 0 Å². The Morgan fingerprint density at radius 1 is 1.17 bits per heavy atom.